The lowest BCUT2D eigenvalue weighted by atomic mass is 9.95. The molecule has 0 unspecified atom stereocenters. The third-order valence-corrected chi connectivity index (χ3v) is 8.33. The van der Waals surface area contributed by atoms with Crippen LogP contribution in [0.2, 0.25) is 5.15 Å². The number of piperazine rings is 1. The van der Waals surface area contributed by atoms with Gasteiger partial charge in [0.2, 0.25) is 0 Å². The minimum absolute atomic E-state index is 0.0184. The van der Waals surface area contributed by atoms with Gasteiger partial charge in [-0.1, -0.05) is 73.0 Å². The van der Waals surface area contributed by atoms with Crippen LogP contribution in [0.3, 0.4) is 0 Å². The third kappa shape index (κ3) is 6.76. The fraction of sp³-hybridized carbons (Fsp3) is 0.414. The molecule has 1 aliphatic carbocycles. The van der Waals surface area contributed by atoms with Crippen LogP contribution < -0.4 is 15.1 Å². The SMILES string of the molecule is Cc1ccccc1N1CCN(c2cc(Cl)nc(SCc3cccc(C(=O)NC4CCCCC4)c3)n2)CC1. The van der Waals surface area contributed by atoms with E-state index in [2.05, 4.69) is 51.3 Å². The molecule has 0 atom stereocenters. The molecule has 1 saturated carbocycles. The maximum atomic E-state index is 12.8. The Morgan fingerprint density at radius 3 is 2.51 bits per heavy atom. The number of benzene rings is 2. The third-order valence-electron chi connectivity index (χ3n) is 7.22. The molecule has 1 N–H and O–H groups in total. The zero-order valence-electron chi connectivity index (χ0n) is 21.3. The van der Waals surface area contributed by atoms with Crippen molar-refractivity contribution in [3.05, 3.63) is 76.4 Å². The number of hydrogen-bond acceptors (Lipinski definition) is 6. The Morgan fingerprint density at radius 2 is 1.73 bits per heavy atom. The standard InChI is InChI=1S/C29H34ClN5OS/c1-21-8-5-6-13-25(21)34-14-16-35(17-15-34)27-19-26(30)32-29(33-27)37-20-22-9-7-10-23(18-22)28(36)31-24-11-3-2-4-12-24/h5-10,13,18-19,24H,2-4,11-12,14-17,20H2,1H3,(H,31,36). The molecule has 5 rings (SSSR count). The van der Waals surface area contributed by atoms with E-state index in [1.807, 2.05) is 30.3 Å². The summed E-state index contributed by atoms with van der Waals surface area (Å²) in [6, 6.07) is 18.5. The smallest absolute Gasteiger partial charge is 0.251 e. The molecule has 6 nitrogen and oxygen atoms in total. The first kappa shape index (κ1) is 25.9. The Labute approximate surface area is 228 Å². The van der Waals surface area contributed by atoms with Gasteiger partial charge in [-0.3, -0.25) is 4.79 Å². The van der Waals surface area contributed by atoms with Crippen LogP contribution in [0.4, 0.5) is 11.5 Å². The van der Waals surface area contributed by atoms with Gasteiger partial charge in [0.05, 0.1) is 0 Å². The van der Waals surface area contributed by atoms with E-state index in [4.69, 9.17) is 16.6 Å². The van der Waals surface area contributed by atoms with Crippen molar-refractivity contribution in [3.63, 3.8) is 0 Å². The highest BCUT2D eigenvalue weighted by molar-refractivity contribution is 7.98. The van der Waals surface area contributed by atoms with Gasteiger partial charge in [-0.2, -0.15) is 0 Å². The van der Waals surface area contributed by atoms with Gasteiger partial charge < -0.3 is 15.1 Å². The van der Waals surface area contributed by atoms with Crippen LogP contribution in [0.5, 0.6) is 0 Å². The predicted molar refractivity (Wildman–Crippen MR) is 153 cm³/mol. The monoisotopic (exact) mass is 535 g/mol. The Hall–Kier alpha value is -2.77. The number of halogens is 1. The van der Waals surface area contributed by atoms with Gasteiger partial charge in [-0.05, 0) is 49.1 Å². The van der Waals surface area contributed by atoms with Crippen molar-refractivity contribution in [1.29, 1.82) is 0 Å². The highest BCUT2D eigenvalue weighted by Gasteiger charge is 2.21. The van der Waals surface area contributed by atoms with Gasteiger partial charge in [0.25, 0.3) is 5.91 Å². The van der Waals surface area contributed by atoms with Crippen molar-refractivity contribution >= 4 is 40.8 Å². The van der Waals surface area contributed by atoms with Crippen LogP contribution in [0.25, 0.3) is 0 Å². The average Bonchev–Trinajstić information content (AvgIpc) is 2.93. The van der Waals surface area contributed by atoms with Crippen LogP contribution in [-0.2, 0) is 5.75 Å². The molecule has 2 aromatic carbocycles. The summed E-state index contributed by atoms with van der Waals surface area (Å²) in [5, 5.41) is 4.31. The van der Waals surface area contributed by atoms with E-state index in [9.17, 15) is 4.79 Å². The summed E-state index contributed by atoms with van der Waals surface area (Å²) in [7, 11) is 0. The van der Waals surface area contributed by atoms with E-state index < -0.39 is 0 Å². The molecule has 1 amide bonds. The van der Waals surface area contributed by atoms with Crippen molar-refractivity contribution < 1.29 is 4.79 Å². The Morgan fingerprint density at radius 1 is 0.973 bits per heavy atom. The molecule has 37 heavy (non-hydrogen) atoms. The Balaban J connectivity index is 1.19. The lowest BCUT2D eigenvalue weighted by Gasteiger charge is -2.37. The number of rotatable bonds is 7. The van der Waals surface area contributed by atoms with Crippen molar-refractivity contribution in [2.24, 2.45) is 0 Å². The molecule has 1 aliphatic heterocycles. The molecule has 2 heterocycles. The number of hydrogen-bond donors (Lipinski definition) is 1. The Kier molecular flexibility index (Phi) is 8.52. The van der Waals surface area contributed by atoms with E-state index >= 15 is 0 Å². The number of nitrogens with zero attached hydrogens (tertiary/aromatic N) is 4. The fourth-order valence-electron chi connectivity index (χ4n) is 5.17. The molecule has 0 spiro atoms. The van der Waals surface area contributed by atoms with Gasteiger partial charge in [-0.15, -0.1) is 0 Å². The summed E-state index contributed by atoms with van der Waals surface area (Å²) < 4.78 is 0. The second-order valence-electron chi connectivity index (χ2n) is 9.89. The molecule has 2 aliphatic rings. The topological polar surface area (TPSA) is 61.4 Å². The summed E-state index contributed by atoms with van der Waals surface area (Å²) in [5.74, 6) is 1.56. The first-order valence-electron chi connectivity index (χ1n) is 13.2. The number of aromatic nitrogens is 2. The molecule has 2 fully saturated rings. The summed E-state index contributed by atoms with van der Waals surface area (Å²) in [5.41, 5.74) is 4.38. The first-order chi connectivity index (χ1) is 18.0. The lowest BCUT2D eigenvalue weighted by molar-refractivity contribution is 0.0927. The van der Waals surface area contributed by atoms with Gasteiger partial charge in [-0.25, -0.2) is 9.97 Å². The fourth-order valence-corrected chi connectivity index (χ4v) is 6.20. The van der Waals surface area contributed by atoms with Crippen molar-refractivity contribution in [3.8, 4) is 0 Å². The van der Waals surface area contributed by atoms with Crippen LogP contribution >= 0.6 is 23.4 Å². The van der Waals surface area contributed by atoms with Gasteiger partial charge in [0, 0.05) is 55.3 Å². The summed E-state index contributed by atoms with van der Waals surface area (Å²) in [6.07, 6.45) is 5.83. The number of para-hydroxylation sites is 1. The number of amides is 1. The van der Waals surface area contributed by atoms with E-state index in [0.717, 1.165) is 50.4 Å². The second-order valence-corrected chi connectivity index (χ2v) is 11.2. The molecule has 8 heteroatoms. The minimum atomic E-state index is 0.0184. The van der Waals surface area contributed by atoms with Gasteiger partial charge in [0.1, 0.15) is 11.0 Å². The number of aryl methyl sites for hydroxylation is 1. The largest absolute Gasteiger partial charge is 0.368 e. The average molecular weight is 536 g/mol. The first-order valence-corrected chi connectivity index (χ1v) is 14.5. The van der Waals surface area contributed by atoms with Crippen molar-refractivity contribution in [1.82, 2.24) is 15.3 Å². The number of thioether (sulfide) groups is 1. The number of carbonyl (C=O) groups excluding carboxylic acids is 1. The normalized spacial score (nSPS) is 16.6. The van der Waals surface area contributed by atoms with E-state index in [0.29, 0.717) is 27.7 Å². The molecule has 0 radical (unpaired) electrons. The molecular formula is C29H34ClN5OS. The zero-order chi connectivity index (χ0) is 25.6. The summed E-state index contributed by atoms with van der Waals surface area (Å²) in [6.45, 7) is 5.79. The number of anilines is 2. The highest BCUT2D eigenvalue weighted by Crippen LogP contribution is 2.27. The lowest BCUT2D eigenvalue weighted by Crippen LogP contribution is -2.47. The quantitative estimate of drug-likeness (QED) is 0.223. The second kappa shape index (κ2) is 12.2. The Bertz CT molecular complexity index is 1220. The predicted octanol–water partition coefficient (Wildman–Crippen LogP) is 6.12. The number of carbonyl (C=O) groups is 1. The van der Waals surface area contributed by atoms with Crippen molar-refractivity contribution in [2.45, 2.75) is 56.0 Å². The maximum Gasteiger partial charge on any atom is 0.251 e. The molecule has 3 aromatic rings. The molecule has 1 aromatic heterocycles. The van der Waals surface area contributed by atoms with E-state index in [1.165, 1.54) is 30.5 Å². The van der Waals surface area contributed by atoms with E-state index in [1.54, 1.807) is 11.8 Å². The minimum Gasteiger partial charge on any atom is -0.368 e. The molecule has 1 saturated heterocycles. The van der Waals surface area contributed by atoms with Crippen LogP contribution in [-0.4, -0.2) is 48.1 Å². The molecular weight excluding hydrogens is 502 g/mol. The molecule has 194 valence electrons. The summed E-state index contributed by atoms with van der Waals surface area (Å²) in [4.78, 5) is 26.8. The van der Waals surface area contributed by atoms with Gasteiger partial charge >= 0.3 is 0 Å². The maximum absolute atomic E-state index is 12.8. The molecule has 0 bridgehead atoms. The highest BCUT2D eigenvalue weighted by atomic mass is 35.5. The van der Waals surface area contributed by atoms with E-state index in [-0.39, 0.29) is 5.91 Å². The summed E-state index contributed by atoms with van der Waals surface area (Å²) >= 11 is 7.95. The van der Waals surface area contributed by atoms with Crippen molar-refractivity contribution in [2.75, 3.05) is 36.0 Å². The van der Waals surface area contributed by atoms with Crippen LogP contribution in [0, 0.1) is 6.92 Å². The zero-order valence-corrected chi connectivity index (χ0v) is 22.9. The number of nitrogens with one attached hydrogen (secondary N) is 1. The van der Waals surface area contributed by atoms with Gasteiger partial charge in [0.15, 0.2) is 5.16 Å². The van der Waals surface area contributed by atoms with Crippen LogP contribution in [0.15, 0.2) is 59.8 Å². The van der Waals surface area contributed by atoms with Crippen LogP contribution in [0.1, 0.15) is 53.6 Å².